The van der Waals surface area contributed by atoms with Gasteiger partial charge in [0.15, 0.2) is 5.69 Å². The van der Waals surface area contributed by atoms with Gasteiger partial charge in [-0.3, -0.25) is 4.79 Å². The lowest BCUT2D eigenvalue weighted by Gasteiger charge is -2.12. The highest BCUT2D eigenvalue weighted by Crippen LogP contribution is 2.34. The Morgan fingerprint density at radius 2 is 1.92 bits per heavy atom. The molecule has 0 unspecified atom stereocenters. The Balaban J connectivity index is 2.39. The number of nitrogens with zero attached hydrogens (tertiary/aromatic N) is 2. The number of hydrogen-bond donors (Lipinski definition) is 2. The molecular weight excluding hydrogens is 355 g/mol. The van der Waals surface area contributed by atoms with Crippen LogP contribution in [0, 0.1) is 0 Å². The Morgan fingerprint density at radius 1 is 1.27 bits per heavy atom. The topological polar surface area (TPSA) is 93.5 Å². The van der Waals surface area contributed by atoms with Crippen LogP contribution >= 0.6 is 0 Å². The molecule has 0 saturated heterocycles. The van der Waals surface area contributed by atoms with Gasteiger partial charge in [-0.1, -0.05) is 0 Å². The number of esters is 1. The van der Waals surface area contributed by atoms with E-state index < -0.39 is 29.3 Å². The Bertz CT molecular complexity index is 785. The number of benzene rings is 1. The van der Waals surface area contributed by atoms with Crippen LogP contribution in [-0.2, 0) is 10.9 Å². The zero-order chi connectivity index (χ0) is 19.3. The molecule has 1 aromatic carbocycles. The summed E-state index contributed by atoms with van der Waals surface area (Å²) >= 11 is 0. The highest BCUT2D eigenvalue weighted by atomic mass is 19.4. The molecule has 0 bridgehead atoms. The van der Waals surface area contributed by atoms with Crippen molar-refractivity contribution in [3.8, 4) is 5.69 Å². The molecule has 1 aromatic heterocycles. The standard InChI is InChI=1S/C16H16F3N3O4/c1-2-26-15(25)12-9-21-22(13(12)16(17,18)19)11-5-3-10(4-6-11)14(24)20-7-8-23/h3-6,9,23H,2,7-8H2,1H3,(H,20,24). The molecule has 0 atom stereocenters. The number of aliphatic hydroxyl groups is 1. The van der Waals surface area contributed by atoms with Crippen molar-refractivity contribution in [1.82, 2.24) is 15.1 Å². The van der Waals surface area contributed by atoms with Gasteiger partial charge in [-0.15, -0.1) is 0 Å². The minimum Gasteiger partial charge on any atom is -0.462 e. The quantitative estimate of drug-likeness (QED) is 0.755. The molecule has 2 rings (SSSR count). The van der Waals surface area contributed by atoms with Crippen molar-refractivity contribution < 1.29 is 32.6 Å². The Labute approximate surface area is 146 Å². The molecule has 0 aliphatic heterocycles. The smallest absolute Gasteiger partial charge is 0.434 e. The molecule has 140 valence electrons. The lowest BCUT2D eigenvalue weighted by Crippen LogP contribution is -2.26. The van der Waals surface area contributed by atoms with Crippen LogP contribution in [0.15, 0.2) is 30.5 Å². The minimum absolute atomic E-state index is 0.0200. The maximum absolute atomic E-state index is 13.4. The first kappa shape index (κ1) is 19.4. The van der Waals surface area contributed by atoms with Crippen LogP contribution in [0.25, 0.3) is 5.69 Å². The number of nitrogens with one attached hydrogen (secondary N) is 1. The lowest BCUT2D eigenvalue weighted by molar-refractivity contribution is -0.143. The number of hydrogen-bond acceptors (Lipinski definition) is 5. The fourth-order valence-corrected chi connectivity index (χ4v) is 2.20. The predicted molar refractivity (Wildman–Crippen MR) is 83.9 cm³/mol. The summed E-state index contributed by atoms with van der Waals surface area (Å²) < 4.78 is 45.5. The van der Waals surface area contributed by atoms with Crippen LogP contribution < -0.4 is 5.32 Å². The minimum atomic E-state index is -4.84. The fourth-order valence-electron chi connectivity index (χ4n) is 2.20. The van der Waals surface area contributed by atoms with Gasteiger partial charge in [-0.05, 0) is 31.2 Å². The van der Waals surface area contributed by atoms with Crippen LogP contribution in [0.3, 0.4) is 0 Å². The number of halogens is 3. The van der Waals surface area contributed by atoms with Gasteiger partial charge in [0.05, 0.1) is 25.1 Å². The summed E-state index contributed by atoms with van der Waals surface area (Å²) in [5.41, 5.74) is -1.72. The number of aromatic nitrogens is 2. The van der Waals surface area contributed by atoms with Gasteiger partial charge in [0.25, 0.3) is 5.91 Å². The molecule has 0 aliphatic rings. The van der Waals surface area contributed by atoms with E-state index in [0.717, 1.165) is 6.20 Å². The van der Waals surface area contributed by atoms with Crippen molar-refractivity contribution in [2.75, 3.05) is 19.8 Å². The summed E-state index contributed by atoms with van der Waals surface area (Å²) in [7, 11) is 0. The molecule has 2 aromatic rings. The van der Waals surface area contributed by atoms with Gasteiger partial charge in [-0.2, -0.15) is 18.3 Å². The Kier molecular flexibility index (Phi) is 5.98. The first-order valence-electron chi connectivity index (χ1n) is 7.61. The van der Waals surface area contributed by atoms with Crippen molar-refractivity contribution in [2.24, 2.45) is 0 Å². The first-order valence-corrected chi connectivity index (χ1v) is 7.61. The van der Waals surface area contributed by atoms with E-state index in [4.69, 9.17) is 5.11 Å². The number of amides is 1. The number of ether oxygens (including phenoxy) is 1. The van der Waals surface area contributed by atoms with E-state index in [9.17, 15) is 22.8 Å². The van der Waals surface area contributed by atoms with E-state index in [1.807, 2.05) is 0 Å². The third-order valence-electron chi connectivity index (χ3n) is 3.30. The number of rotatable bonds is 6. The van der Waals surface area contributed by atoms with Crippen molar-refractivity contribution in [1.29, 1.82) is 0 Å². The summed E-state index contributed by atoms with van der Waals surface area (Å²) in [5.74, 6) is -1.60. The van der Waals surface area contributed by atoms with E-state index in [2.05, 4.69) is 15.2 Å². The van der Waals surface area contributed by atoms with E-state index in [0.29, 0.717) is 4.68 Å². The molecule has 26 heavy (non-hydrogen) atoms. The summed E-state index contributed by atoms with van der Waals surface area (Å²) in [6.07, 6.45) is -4.04. The zero-order valence-corrected chi connectivity index (χ0v) is 13.7. The molecule has 0 radical (unpaired) electrons. The molecule has 0 aliphatic carbocycles. The first-order chi connectivity index (χ1) is 12.3. The van der Waals surface area contributed by atoms with Gasteiger partial charge >= 0.3 is 12.1 Å². The second kappa shape index (κ2) is 8.00. The highest BCUT2D eigenvalue weighted by Gasteiger charge is 2.41. The SMILES string of the molecule is CCOC(=O)c1cnn(-c2ccc(C(=O)NCCO)cc2)c1C(F)(F)F. The molecule has 10 heteroatoms. The predicted octanol–water partition coefficient (Wildman–Crippen LogP) is 1.79. The zero-order valence-electron chi connectivity index (χ0n) is 13.7. The third kappa shape index (κ3) is 4.20. The van der Waals surface area contributed by atoms with Gasteiger partial charge in [0, 0.05) is 12.1 Å². The van der Waals surface area contributed by atoms with Crippen LogP contribution in [-0.4, -0.2) is 46.5 Å². The number of aliphatic hydroxyl groups excluding tert-OH is 1. The van der Waals surface area contributed by atoms with Crippen molar-refractivity contribution in [3.63, 3.8) is 0 Å². The largest absolute Gasteiger partial charge is 0.462 e. The van der Waals surface area contributed by atoms with Crippen LogP contribution in [0.2, 0.25) is 0 Å². The van der Waals surface area contributed by atoms with Gasteiger partial charge in [-0.25, -0.2) is 9.48 Å². The van der Waals surface area contributed by atoms with Gasteiger partial charge < -0.3 is 15.2 Å². The molecule has 2 N–H and O–H groups in total. The number of alkyl halides is 3. The molecule has 1 heterocycles. The summed E-state index contributed by atoms with van der Waals surface area (Å²) in [5, 5.41) is 14.7. The fraction of sp³-hybridized carbons (Fsp3) is 0.312. The average Bonchev–Trinajstić information content (AvgIpc) is 3.05. The van der Waals surface area contributed by atoms with Crippen LogP contribution in [0.1, 0.15) is 33.3 Å². The van der Waals surface area contributed by atoms with Crippen molar-refractivity contribution >= 4 is 11.9 Å². The van der Waals surface area contributed by atoms with E-state index in [1.165, 1.54) is 31.2 Å². The lowest BCUT2D eigenvalue weighted by atomic mass is 10.2. The van der Waals surface area contributed by atoms with Gasteiger partial charge in [0.2, 0.25) is 0 Å². The second-order valence-electron chi connectivity index (χ2n) is 5.06. The molecule has 7 nitrogen and oxygen atoms in total. The maximum Gasteiger partial charge on any atom is 0.434 e. The number of carbonyl (C=O) groups is 2. The van der Waals surface area contributed by atoms with Crippen molar-refractivity contribution in [2.45, 2.75) is 13.1 Å². The average molecular weight is 371 g/mol. The maximum atomic E-state index is 13.4. The Morgan fingerprint density at radius 3 is 2.46 bits per heavy atom. The summed E-state index contributed by atoms with van der Waals surface area (Å²) in [6.45, 7) is 1.23. The number of carbonyl (C=O) groups excluding carboxylic acids is 2. The normalized spacial score (nSPS) is 11.3. The van der Waals surface area contributed by atoms with E-state index >= 15 is 0 Å². The molecule has 0 fully saturated rings. The molecule has 0 saturated carbocycles. The van der Waals surface area contributed by atoms with E-state index in [1.54, 1.807) is 0 Å². The van der Waals surface area contributed by atoms with E-state index in [-0.39, 0.29) is 31.0 Å². The van der Waals surface area contributed by atoms with Gasteiger partial charge in [0.1, 0.15) is 5.56 Å². The summed E-state index contributed by atoms with van der Waals surface area (Å²) in [4.78, 5) is 23.5. The highest BCUT2D eigenvalue weighted by molar-refractivity contribution is 5.94. The second-order valence-corrected chi connectivity index (χ2v) is 5.06. The molecule has 1 amide bonds. The monoisotopic (exact) mass is 371 g/mol. The molecular formula is C16H16F3N3O4. The summed E-state index contributed by atoms with van der Waals surface area (Å²) in [6, 6.07) is 5.16. The third-order valence-corrected chi connectivity index (χ3v) is 3.30. The Hall–Kier alpha value is -2.88. The van der Waals surface area contributed by atoms with Crippen LogP contribution in [0.5, 0.6) is 0 Å². The van der Waals surface area contributed by atoms with Crippen LogP contribution in [0.4, 0.5) is 13.2 Å². The van der Waals surface area contributed by atoms with Crippen molar-refractivity contribution in [3.05, 3.63) is 47.3 Å². The molecule has 0 spiro atoms.